The molecule has 4 amide bonds. The second kappa shape index (κ2) is 13.2. The standard InChI is InChI=1S/C42H42N8O4/c1-8-35(45(6)25(4)49-39(51)29-13-9-11-27-33(47-21-19-43-23-47)17-15-31(36(27)29)41(49)53)46(7)26(5)50-40(52)30-14-10-12-28-34(18-16-32(37(28)30)42(50)54)48-22-20-44-38(48)24(2)3/h9-26,35H,8H2,1-7H3. The molecule has 3 atom stereocenters. The molecule has 4 aromatic carbocycles. The van der Waals surface area contributed by atoms with Gasteiger partial charge in [0.2, 0.25) is 0 Å². The van der Waals surface area contributed by atoms with Crippen LogP contribution in [-0.4, -0.2) is 94.9 Å². The zero-order valence-electron chi connectivity index (χ0n) is 31.4. The summed E-state index contributed by atoms with van der Waals surface area (Å²) in [5, 5.41) is 2.85. The number of imidazole rings is 2. The van der Waals surface area contributed by atoms with Crippen molar-refractivity contribution in [2.75, 3.05) is 14.1 Å². The Balaban J connectivity index is 1.08. The molecular formula is C42H42N8O4. The van der Waals surface area contributed by atoms with E-state index in [1.165, 1.54) is 9.80 Å². The summed E-state index contributed by atoms with van der Waals surface area (Å²) in [6, 6.07) is 18.4. The lowest BCUT2D eigenvalue weighted by atomic mass is 9.92. The third kappa shape index (κ3) is 5.12. The lowest BCUT2D eigenvalue weighted by Gasteiger charge is -2.46. The molecule has 0 N–H and O–H groups in total. The largest absolute Gasteiger partial charge is 0.306 e. The van der Waals surface area contributed by atoms with Gasteiger partial charge in [0.25, 0.3) is 23.6 Å². The zero-order valence-corrected chi connectivity index (χ0v) is 31.4. The van der Waals surface area contributed by atoms with E-state index in [1.54, 1.807) is 43.0 Å². The van der Waals surface area contributed by atoms with Crippen molar-refractivity contribution in [3.63, 3.8) is 0 Å². The summed E-state index contributed by atoms with van der Waals surface area (Å²) in [5.41, 5.74) is 3.50. The number of nitrogens with zero attached hydrogens (tertiary/aromatic N) is 8. The van der Waals surface area contributed by atoms with Crippen molar-refractivity contribution in [1.29, 1.82) is 0 Å². The van der Waals surface area contributed by atoms with E-state index in [9.17, 15) is 19.2 Å². The van der Waals surface area contributed by atoms with Crippen LogP contribution in [0.2, 0.25) is 0 Å². The Morgan fingerprint density at radius 2 is 1.13 bits per heavy atom. The van der Waals surface area contributed by atoms with E-state index in [2.05, 4.69) is 23.8 Å². The smallest absolute Gasteiger partial charge is 0.262 e. The van der Waals surface area contributed by atoms with Gasteiger partial charge in [-0.15, -0.1) is 0 Å². The van der Waals surface area contributed by atoms with Gasteiger partial charge < -0.3 is 9.13 Å². The molecule has 12 heteroatoms. The Hall–Kier alpha value is -5.98. The summed E-state index contributed by atoms with van der Waals surface area (Å²) in [4.78, 5) is 72.3. The van der Waals surface area contributed by atoms with Crippen molar-refractivity contribution in [2.24, 2.45) is 0 Å². The van der Waals surface area contributed by atoms with Crippen LogP contribution in [0.5, 0.6) is 0 Å². The van der Waals surface area contributed by atoms with Crippen LogP contribution in [0.25, 0.3) is 32.9 Å². The Labute approximate surface area is 313 Å². The Bertz CT molecular complexity index is 2460. The summed E-state index contributed by atoms with van der Waals surface area (Å²) >= 11 is 0. The van der Waals surface area contributed by atoms with Crippen molar-refractivity contribution in [2.45, 2.75) is 65.5 Å². The molecule has 0 saturated heterocycles. The van der Waals surface area contributed by atoms with Gasteiger partial charge >= 0.3 is 0 Å². The van der Waals surface area contributed by atoms with E-state index in [1.807, 2.05) is 103 Å². The molecule has 0 fully saturated rings. The van der Waals surface area contributed by atoms with Crippen molar-refractivity contribution in [3.05, 3.63) is 120 Å². The minimum absolute atomic E-state index is 0.172. The summed E-state index contributed by atoms with van der Waals surface area (Å²) in [5.74, 6) is -0.461. The Kier molecular flexibility index (Phi) is 8.54. The molecule has 54 heavy (non-hydrogen) atoms. The highest BCUT2D eigenvalue weighted by atomic mass is 16.2. The monoisotopic (exact) mass is 722 g/mol. The number of benzene rings is 4. The van der Waals surface area contributed by atoms with Gasteiger partial charge in [-0.25, -0.2) is 9.97 Å². The van der Waals surface area contributed by atoms with E-state index in [-0.39, 0.29) is 35.7 Å². The maximum Gasteiger partial charge on any atom is 0.262 e. The van der Waals surface area contributed by atoms with Crippen LogP contribution in [0.15, 0.2) is 91.8 Å². The molecule has 0 spiro atoms. The first-order valence-electron chi connectivity index (χ1n) is 18.3. The molecule has 6 aromatic rings. The van der Waals surface area contributed by atoms with Gasteiger partial charge in [0.1, 0.15) is 5.82 Å². The first kappa shape index (κ1) is 35.1. The number of carbonyl (C=O) groups excluding carboxylic acids is 4. The van der Waals surface area contributed by atoms with Crippen LogP contribution < -0.4 is 0 Å². The van der Waals surface area contributed by atoms with E-state index in [0.29, 0.717) is 39.4 Å². The van der Waals surface area contributed by atoms with E-state index < -0.39 is 12.3 Å². The third-order valence-corrected chi connectivity index (χ3v) is 11.3. The number of carbonyl (C=O) groups is 4. The molecule has 2 aliphatic heterocycles. The van der Waals surface area contributed by atoms with Crippen LogP contribution in [-0.2, 0) is 0 Å². The third-order valence-electron chi connectivity index (χ3n) is 11.3. The number of hydrogen-bond acceptors (Lipinski definition) is 8. The van der Waals surface area contributed by atoms with Crippen LogP contribution in [0.1, 0.15) is 94.2 Å². The topological polar surface area (TPSA) is 117 Å². The summed E-state index contributed by atoms with van der Waals surface area (Å²) < 4.78 is 3.88. The molecule has 3 unspecified atom stereocenters. The Morgan fingerprint density at radius 3 is 1.61 bits per heavy atom. The fraction of sp³-hybridized carbons (Fsp3) is 0.286. The number of rotatable bonds is 10. The van der Waals surface area contributed by atoms with Gasteiger partial charge in [0.15, 0.2) is 0 Å². The molecule has 0 saturated carbocycles. The summed E-state index contributed by atoms with van der Waals surface area (Å²) in [6.45, 7) is 9.83. The highest BCUT2D eigenvalue weighted by molar-refractivity contribution is 6.27. The quantitative estimate of drug-likeness (QED) is 0.114. The summed E-state index contributed by atoms with van der Waals surface area (Å²) in [6.07, 6.45) is 7.74. The molecule has 4 heterocycles. The minimum Gasteiger partial charge on any atom is -0.306 e. The van der Waals surface area contributed by atoms with Gasteiger partial charge in [-0.1, -0.05) is 45.0 Å². The highest BCUT2D eigenvalue weighted by Crippen LogP contribution is 2.38. The van der Waals surface area contributed by atoms with E-state index in [4.69, 9.17) is 0 Å². The molecule has 12 nitrogen and oxygen atoms in total. The van der Waals surface area contributed by atoms with Crippen molar-refractivity contribution < 1.29 is 19.2 Å². The molecule has 0 radical (unpaired) electrons. The van der Waals surface area contributed by atoms with Crippen LogP contribution >= 0.6 is 0 Å². The highest BCUT2D eigenvalue weighted by Gasteiger charge is 2.43. The molecule has 2 aromatic heterocycles. The van der Waals surface area contributed by atoms with Gasteiger partial charge in [0, 0.05) is 74.5 Å². The normalized spacial score (nSPS) is 16.1. The lowest BCUT2D eigenvalue weighted by Crippen LogP contribution is -2.62. The first-order valence-corrected chi connectivity index (χ1v) is 18.3. The molecule has 8 rings (SSSR count). The van der Waals surface area contributed by atoms with Crippen LogP contribution in [0.3, 0.4) is 0 Å². The lowest BCUT2D eigenvalue weighted by molar-refractivity contribution is -0.0394. The minimum atomic E-state index is -0.669. The van der Waals surface area contributed by atoms with Gasteiger partial charge in [-0.3, -0.25) is 38.8 Å². The SMILES string of the molecule is CCC(N(C)C(C)N1C(=O)c2cccc3c(-n4ccnc4)ccc(c23)C1=O)N(C)C(C)N1C(=O)c2cccc3c(-n4ccnc4C(C)C)ccc(c23)C1=O. The van der Waals surface area contributed by atoms with Crippen molar-refractivity contribution in [3.8, 4) is 11.4 Å². The number of imide groups is 2. The average molecular weight is 723 g/mol. The van der Waals surface area contributed by atoms with Crippen molar-refractivity contribution in [1.82, 2.24) is 38.7 Å². The maximum atomic E-state index is 14.3. The second-order valence-electron chi connectivity index (χ2n) is 14.4. The van der Waals surface area contributed by atoms with Gasteiger partial charge in [0.05, 0.1) is 36.2 Å². The second-order valence-corrected chi connectivity index (χ2v) is 14.4. The van der Waals surface area contributed by atoms with Crippen LogP contribution in [0.4, 0.5) is 0 Å². The van der Waals surface area contributed by atoms with Gasteiger partial charge in [-0.05, 0) is 70.8 Å². The molecule has 0 bridgehead atoms. The summed E-state index contributed by atoms with van der Waals surface area (Å²) in [7, 11) is 3.72. The molecule has 274 valence electrons. The molecular weight excluding hydrogens is 681 g/mol. The predicted octanol–water partition coefficient (Wildman–Crippen LogP) is 6.67. The number of amides is 4. The predicted molar refractivity (Wildman–Crippen MR) is 206 cm³/mol. The van der Waals surface area contributed by atoms with E-state index >= 15 is 0 Å². The fourth-order valence-electron chi connectivity index (χ4n) is 8.39. The molecule has 2 aliphatic rings. The zero-order chi connectivity index (χ0) is 38.2. The number of aromatic nitrogens is 4. The van der Waals surface area contributed by atoms with Crippen molar-refractivity contribution >= 4 is 45.2 Å². The van der Waals surface area contributed by atoms with Crippen LogP contribution in [0, 0.1) is 0 Å². The first-order chi connectivity index (χ1) is 26.0. The Morgan fingerprint density at radius 1 is 0.630 bits per heavy atom. The fourth-order valence-corrected chi connectivity index (χ4v) is 8.39. The molecule has 0 aliphatic carbocycles. The van der Waals surface area contributed by atoms with Gasteiger partial charge in [-0.2, -0.15) is 0 Å². The van der Waals surface area contributed by atoms with E-state index in [0.717, 1.165) is 28.0 Å². The average Bonchev–Trinajstić information content (AvgIpc) is 3.89. The maximum absolute atomic E-state index is 14.3. The number of hydrogen-bond donors (Lipinski definition) is 0.